The van der Waals surface area contributed by atoms with E-state index in [2.05, 4.69) is 87.0 Å². The second-order valence-electron chi connectivity index (χ2n) is 5.84. The molecule has 0 fully saturated rings. The molecule has 0 saturated carbocycles. The van der Waals surface area contributed by atoms with Crippen molar-refractivity contribution < 1.29 is 0 Å². The third-order valence-electron chi connectivity index (χ3n) is 4.31. The van der Waals surface area contributed by atoms with E-state index in [0.29, 0.717) is 0 Å². The average Bonchev–Trinajstić information content (AvgIpc) is 3.01. The van der Waals surface area contributed by atoms with Gasteiger partial charge in [0.15, 0.2) is 0 Å². The van der Waals surface area contributed by atoms with Gasteiger partial charge in [-0.3, -0.25) is 4.98 Å². The van der Waals surface area contributed by atoms with Crippen molar-refractivity contribution in [3.63, 3.8) is 0 Å². The molecule has 1 heterocycles. The number of hydrogen-bond donors (Lipinski definition) is 0. The minimum Gasteiger partial charge on any atom is -0.256 e. The molecule has 24 heavy (non-hydrogen) atoms. The normalized spacial score (nSPS) is 17.0. The number of aromatic nitrogens is 1. The second kappa shape index (κ2) is 6.55. The average molecular weight is 327 g/mol. The number of nitrogens with zero attached hydrogens (tertiary/aromatic N) is 1. The maximum atomic E-state index is 4.59. The first-order valence-electron chi connectivity index (χ1n) is 8.09. The summed E-state index contributed by atoms with van der Waals surface area (Å²) in [6.07, 6.45) is 4.16. The molecule has 0 N–H and O–H groups in total. The van der Waals surface area contributed by atoms with Crippen LogP contribution in [0.15, 0.2) is 91.1 Å². The van der Waals surface area contributed by atoms with Crippen molar-refractivity contribution >= 4 is 26.0 Å². The lowest BCUT2D eigenvalue weighted by Crippen LogP contribution is -1.96. The van der Waals surface area contributed by atoms with E-state index in [9.17, 15) is 0 Å². The Morgan fingerprint density at radius 3 is 1.96 bits per heavy atom. The molecule has 1 aliphatic rings. The van der Waals surface area contributed by atoms with Crippen LogP contribution in [0.2, 0.25) is 0 Å². The Kier molecular flexibility index (Phi) is 4.11. The largest absolute Gasteiger partial charge is 0.256 e. The molecule has 1 aliphatic carbocycles. The minimum absolute atomic E-state index is 0.277. The van der Waals surface area contributed by atoms with Crippen molar-refractivity contribution in [1.29, 1.82) is 0 Å². The van der Waals surface area contributed by atoms with E-state index in [4.69, 9.17) is 0 Å². The standard InChI is InChI=1S/C22H18NP/c24-20-15-18(19-13-7-8-14-23-19)21(16-9-3-1-4-10-16)22(20)17-11-5-2-6-12-17/h1-15,20H,24H2. The molecular formula is C22H18NP. The Balaban J connectivity index is 1.96. The molecule has 2 heteroatoms. The predicted molar refractivity (Wildman–Crippen MR) is 105 cm³/mol. The number of allylic oxidation sites excluding steroid dienone is 4. The highest BCUT2D eigenvalue weighted by atomic mass is 31.0. The maximum Gasteiger partial charge on any atom is 0.0705 e. The van der Waals surface area contributed by atoms with E-state index >= 15 is 0 Å². The lowest BCUT2D eigenvalue weighted by Gasteiger charge is -2.14. The summed E-state index contributed by atoms with van der Waals surface area (Å²) in [6.45, 7) is 0. The molecular weight excluding hydrogens is 309 g/mol. The van der Waals surface area contributed by atoms with Crippen molar-refractivity contribution in [3.8, 4) is 0 Å². The van der Waals surface area contributed by atoms with Crippen LogP contribution in [0.1, 0.15) is 16.8 Å². The zero-order valence-electron chi connectivity index (χ0n) is 13.3. The van der Waals surface area contributed by atoms with E-state index in [1.165, 1.54) is 27.8 Å². The molecule has 116 valence electrons. The number of benzene rings is 2. The van der Waals surface area contributed by atoms with E-state index < -0.39 is 0 Å². The van der Waals surface area contributed by atoms with Gasteiger partial charge in [-0.1, -0.05) is 72.8 Å². The van der Waals surface area contributed by atoms with Gasteiger partial charge in [-0.25, -0.2) is 0 Å². The first kappa shape index (κ1) is 15.1. The molecule has 2 unspecified atom stereocenters. The van der Waals surface area contributed by atoms with E-state index in [-0.39, 0.29) is 5.66 Å². The minimum atomic E-state index is 0.277. The third kappa shape index (κ3) is 2.72. The van der Waals surface area contributed by atoms with E-state index in [1.807, 2.05) is 18.3 Å². The summed E-state index contributed by atoms with van der Waals surface area (Å²) in [4.78, 5) is 4.59. The molecule has 0 amide bonds. The summed E-state index contributed by atoms with van der Waals surface area (Å²) in [7, 11) is 2.97. The number of hydrogen-bond acceptors (Lipinski definition) is 1. The second-order valence-corrected chi connectivity index (χ2v) is 6.56. The predicted octanol–water partition coefficient (Wildman–Crippen LogP) is 5.33. The fourth-order valence-corrected chi connectivity index (χ4v) is 3.82. The number of rotatable bonds is 3. The molecule has 2 aromatic carbocycles. The highest BCUT2D eigenvalue weighted by Crippen LogP contribution is 2.46. The molecule has 0 aliphatic heterocycles. The zero-order valence-corrected chi connectivity index (χ0v) is 14.4. The lowest BCUT2D eigenvalue weighted by molar-refractivity contribution is 1.28. The van der Waals surface area contributed by atoms with Gasteiger partial charge in [0.25, 0.3) is 0 Å². The lowest BCUT2D eigenvalue weighted by atomic mass is 9.92. The Morgan fingerprint density at radius 2 is 1.33 bits per heavy atom. The van der Waals surface area contributed by atoms with Gasteiger partial charge in [0.2, 0.25) is 0 Å². The van der Waals surface area contributed by atoms with Gasteiger partial charge in [0, 0.05) is 17.4 Å². The summed E-state index contributed by atoms with van der Waals surface area (Å²) in [5, 5.41) is 0. The van der Waals surface area contributed by atoms with Crippen molar-refractivity contribution in [2.45, 2.75) is 5.66 Å². The third-order valence-corrected chi connectivity index (χ3v) is 4.83. The summed E-state index contributed by atoms with van der Waals surface area (Å²) in [5.74, 6) is 0. The van der Waals surface area contributed by atoms with Crippen LogP contribution in [0, 0.1) is 0 Å². The zero-order chi connectivity index (χ0) is 16.4. The van der Waals surface area contributed by atoms with Crippen LogP contribution in [0.5, 0.6) is 0 Å². The molecule has 1 nitrogen and oxygen atoms in total. The Bertz CT molecular complexity index is 896. The summed E-state index contributed by atoms with van der Waals surface area (Å²) in [6, 6.07) is 27.3. The van der Waals surface area contributed by atoms with Gasteiger partial charge in [-0.05, 0) is 34.4 Å². The Hall–Kier alpha value is -2.50. The van der Waals surface area contributed by atoms with Crippen LogP contribution in [0.3, 0.4) is 0 Å². The van der Waals surface area contributed by atoms with Gasteiger partial charge in [-0.2, -0.15) is 0 Å². The van der Waals surface area contributed by atoms with E-state index in [1.54, 1.807) is 0 Å². The number of pyridine rings is 1. The van der Waals surface area contributed by atoms with Crippen LogP contribution >= 0.6 is 9.24 Å². The van der Waals surface area contributed by atoms with Crippen LogP contribution in [0.4, 0.5) is 0 Å². The molecule has 0 bridgehead atoms. The molecule has 3 aromatic rings. The summed E-state index contributed by atoms with van der Waals surface area (Å²) < 4.78 is 0. The van der Waals surface area contributed by atoms with Gasteiger partial charge in [-0.15, -0.1) is 9.24 Å². The molecule has 2 atom stereocenters. The van der Waals surface area contributed by atoms with Crippen LogP contribution in [0.25, 0.3) is 16.7 Å². The van der Waals surface area contributed by atoms with Gasteiger partial charge in [0.05, 0.1) is 5.69 Å². The Labute approximate surface area is 145 Å². The van der Waals surface area contributed by atoms with Gasteiger partial charge in [0.1, 0.15) is 0 Å². The SMILES string of the molecule is PC1C=C(c2ccccn2)C(c2ccccc2)=C1c1ccccc1. The maximum absolute atomic E-state index is 4.59. The first-order chi connectivity index (χ1) is 11.8. The fourth-order valence-electron chi connectivity index (χ4n) is 3.26. The van der Waals surface area contributed by atoms with Crippen LogP contribution < -0.4 is 0 Å². The molecule has 4 rings (SSSR count). The first-order valence-corrected chi connectivity index (χ1v) is 8.75. The fraction of sp³-hybridized carbons (Fsp3) is 0.0455. The van der Waals surface area contributed by atoms with Crippen LogP contribution in [-0.2, 0) is 0 Å². The highest BCUT2D eigenvalue weighted by Gasteiger charge is 2.27. The van der Waals surface area contributed by atoms with Crippen molar-refractivity contribution in [1.82, 2.24) is 4.98 Å². The molecule has 0 spiro atoms. The summed E-state index contributed by atoms with van der Waals surface area (Å²) in [5.41, 5.74) is 7.62. The van der Waals surface area contributed by atoms with Gasteiger partial charge >= 0.3 is 0 Å². The van der Waals surface area contributed by atoms with Crippen molar-refractivity contribution in [2.24, 2.45) is 0 Å². The topological polar surface area (TPSA) is 12.9 Å². The summed E-state index contributed by atoms with van der Waals surface area (Å²) >= 11 is 0. The quantitative estimate of drug-likeness (QED) is 0.592. The van der Waals surface area contributed by atoms with Crippen molar-refractivity contribution in [2.75, 3.05) is 0 Å². The monoisotopic (exact) mass is 327 g/mol. The van der Waals surface area contributed by atoms with Crippen LogP contribution in [-0.4, -0.2) is 10.6 Å². The molecule has 1 aromatic heterocycles. The molecule has 0 radical (unpaired) electrons. The van der Waals surface area contributed by atoms with E-state index in [0.717, 1.165) is 5.69 Å². The smallest absolute Gasteiger partial charge is 0.0705 e. The highest BCUT2D eigenvalue weighted by molar-refractivity contribution is 7.19. The van der Waals surface area contributed by atoms with Gasteiger partial charge < -0.3 is 0 Å². The van der Waals surface area contributed by atoms with Crippen molar-refractivity contribution in [3.05, 3.63) is 108 Å². The molecule has 0 saturated heterocycles. The Morgan fingerprint density at radius 1 is 0.708 bits per heavy atom.